The smallest absolute Gasteiger partial charge is 0.326 e. The molecule has 0 spiro atoms. The molecule has 35 heavy (non-hydrogen) atoms. The van der Waals surface area contributed by atoms with Crippen LogP contribution in [0.2, 0.25) is 0 Å². The van der Waals surface area contributed by atoms with Gasteiger partial charge in [-0.15, -0.1) is 0 Å². The van der Waals surface area contributed by atoms with E-state index >= 15 is 0 Å². The molecule has 0 bridgehead atoms. The van der Waals surface area contributed by atoms with Crippen molar-refractivity contribution in [1.82, 2.24) is 16.0 Å². The number of hydrogen-bond donors (Lipinski definition) is 7. The van der Waals surface area contributed by atoms with Crippen LogP contribution in [-0.4, -0.2) is 65.4 Å². The third-order valence-electron chi connectivity index (χ3n) is 6.23. The predicted molar refractivity (Wildman–Crippen MR) is 132 cm³/mol. The molecule has 4 amide bonds. The Balaban J connectivity index is 5.66. The molecule has 0 aromatic rings. The molecule has 10 N–H and O–H groups in total. The molecule has 6 atom stereocenters. The van der Waals surface area contributed by atoms with E-state index in [2.05, 4.69) is 16.0 Å². The fraction of sp³-hybridized carbons (Fsp3) is 0.783. The largest absolute Gasteiger partial charge is 0.480 e. The number of carbonyl (C=O) groups excluding carboxylic acids is 4. The van der Waals surface area contributed by atoms with Crippen LogP contribution in [0.5, 0.6) is 0 Å². The van der Waals surface area contributed by atoms with E-state index in [9.17, 15) is 29.1 Å². The van der Waals surface area contributed by atoms with E-state index in [0.717, 1.165) is 0 Å². The number of rotatable bonds is 18. The lowest BCUT2D eigenvalue weighted by atomic mass is 9.98. The Morgan fingerprint density at radius 1 is 0.800 bits per heavy atom. The van der Waals surface area contributed by atoms with Crippen LogP contribution in [0.1, 0.15) is 72.6 Å². The van der Waals surface area contributed by atoms with Crippen molar-refractivity contribution in [2.45, 2.75) is 96.8 Å². The van der Waals surface area contributed by atoms with E-state index in [1.165, 1.54) is 0 Å². The first kappa shape index (κ1) is 32.3. The molecule has 6 unspecified atom stereocenters. The van der Waals surface area contributed by atoms with Crippen LogP contribution in [-0.2, 0) is 24.0 Å². The quantitative estimate of drug-likeness (QED) is 0.119. The van der Waals surface area contributed by atoms with Gasteiger partial charge in [0.05, 0.1) is 6.04 Å². The molecule has 0 aromatic carbocycles. The Labute approximate surface area is 207 Å². The summed E-state index contributed by atoms with van der Waals surface area (Å²) in [5.41, 5.74) is 16.7. The van der Waals surface area contributed by atoms with E-state index in [0.29, 0.717) is 32.2 Å². The summed E-state index contributed by atoms with van der Waals surface area (Å²) in [4.78, 5) is 61.5. The third-order valence-corrected chi connectivity index (χ3v) is 6.23. The maximum Gasteiger partial charge on any atom is 0.326 e. The van der Waals surface area contributed by atoms with E-state index < -0.39 is 53.8 Å². The Bertz CT molecular complexity index is 719. The monoisotopic (exact) mass is 500 g/mol. The molecular formula is C23H44N6O6. The number of unbranched alkanes of at least 4 members (excludes halogenated alkanes) is 1. The highest BCUT2D eigenvalue weighted by atomic mass is 16.4. The van der Waals surface area contributed by atoms with Crippen LogP contribution in [0.25, 0.3) is 0 Å². The van der Waals surface area contributed by atoms with Crippen LogP contribution < -0.4 is 33.2 Å². The van der Waals surface area contributed by atoms with E-state index in [-0.39, 0.29) is 31.1 Å². The SMILES string of the molecule is CCC(C)C(N)C(=O)NC(CCCCN)C(=O)NC(CCC(N)=O)C(=O)NC(C(=O)O)C(C)CC. The van der Waals surface area contributed by atoms with Crippen LogP contribution in [0.15, 0.2) is 0 Å². The summed E-state index contributed by atoms with van der Waals surface area (Å²) in [6.07, 6.45) is 2.27. The second kappa shape index (κ2) is 16.8. The van der Waals surface area contributed by atoms with Crippen molar-refractivity contribution < 1.29 is 29.1 Å². The molecule has 12 heteroatoms. The minimum Gasteiger partial charge on any atom is -0.480 e. The summed E-state index contributed by atoms with van der Waals surface area (Å²) in [5.74, 6) is -4.25. The normalized spacial score (nSPS) is 16.2. The number of hydrogen-bond acceptors (Lipinski definition) is 7. The fourth-order valence-electron chi connectivity index (χ4n) is 3.31. The zero-order chi connectivity index (χ0) is 27.1. The van der Waals surface area contributed by atoms with Crippen LogP contribution in [0.4, 0.5) is 0 Å². The van der Waals surface area contributed by atoms with Crippen molar-refractivity contribution in [3.63, 3.8) is 0 Å². The summed E-state index contributed by atoms with van der Waals surface area (Å²) in [5, 5.41) is 17.1. The maximum absolute atomic E-state index is 13.1. The van der Waals surface area contributed by atoms with Gasteiger partial charge in [0.2, 0.25) is 23.6 Å². The number of carbonyl (C=O) groups is 5. The van der Waals surface area contributed by atoms with Gasteiger partial charge in [-0.05, 0) is 44.1 Å². The van der Waals surface area contributed by atoms with Crippen molar-refractivity contribution in [1.29, 1.82) is 0 Å². The fourth-order valence-corrected chi connectivity index (χ4v) is 3.31. The molecule has 0 aromatic heterocycles. The van der Waals surface area contributed by atoms with Gasteiger partial charge >= 0.3 is 5.97 Å². The third kappa shape index (κ3) is 12.0. The van der Waals surface area contributed by atoms with Gasteiger partial charge in [0.1, 0.15) is 18.1 Å². The van der Waals surface area contributed by atoms with Crippen molar-refractivity contribution >= 4 is 29.6 Å². The van der Waals surface area contributed by atoms with Gasteiger partial charge in [-0.2, -0.15) is 0 Å². The first-order valence-corrected chi connectivity index (χ1v) is 12.3. The highest BCUT2D eigenvalue weighted by Crippen LogP contribution is 2.11. The summed E-state index contributed by atoms with van der Waals surface area (Å²) in [6, 6.07) is -4.20. The summed E-state index contributed by atoms with van der Waals surface area (Å²) in [6.45, 7) is 7.60. The molecule has 12 nitrogen and oxygen atoms in total. The van der Waals surface area contributed by atoms with Gasteiger partial charge < -0.3 is 38.3 Å². The topological polar surface area (TPSA) is 220 Å². The summed E-state index contributed by atoms with van der Waals surface area (Å²) in [7, 11) is 0. The molecule has 0 aliphatic rings. The van der Waals surface area contributed by atoms with Crippen molar-refractivity contribution in [3.05, 3.63) is 0 Å². The molecule has 0 rings (SSSR count). The zero-order valence-electron chi connectivity index (χ0n) is 21.3. The van der Waals surface area contributed by atoms with Crippen LogP contribution in [0, 0.1) is 11.8 Å². The predicted octanol–water partition coefficient (Wildman–Crippen LogP) is -0.661. The first-order valence-electron chi connectivity index (χ1n) is 12.3. The minimum atomic E-state index is -1.22. The Morgan fingerprint density at radius 3 is 1.80 bits per heavy atom. The van der Waals surface area contributed by atoms with Crippen molar-refractivity contribution in [2.75, 3.05) is 6.54 Å². The van der Waals surface area contributed by atoms with Gasteiger partial charge in [0.15, 0.2) is 0 Å². The van der Waals surface area contributed by atoms with Gasteiger partial charge in [0.25, 0.3) is 0 Å². The summed E-state index contributed by atoms with van der Waals surface area (Å²) >= 11 is 0. The molecule has 0 aliphatic carbocycles. The van der Waals surface area contributed by atoms with Crippen molar-refractivity contribution in [3.8, 4) is 0 Å². The molecular weight excluding hydrogens is 456 g/mol. The van der Waals surface area contributed by atoms with E-state index in [1.54, 1.807) is 13.8 Å². The van der Waals surface area contributed by atoms with E-state index in [1.807, 2.05) is 13.8 Å². The Hall–Kier alpha value is -2.73. The number of carboxylic acids is 1. The van der Waals surface area contributed by atoms with Gasteiger partial charge in [-0.25, -0.2) is 4.79 Å². The molecule has 0 saturated heterocycles. The highest BCUT2D eigenvalue weighted by molar-refractivity contribution is 5.94. The number of aliphatic carboxylic acids is 1. The lowest BCUT2D eigenvalue weighted by Crippen LogP contribution is -2.58. The second-order valence-corrected chi connectivity index (χ2v) is 9.03. The highest BCUT2D eigenvalue weighted by Gasteiger charge is 2.32. The lowest BCUT2D eigenvalue weighted by molar-refractivity contribution is -0.144. The molecule has 0 saturated carbocycles. The lowest BCUT2D eigenvalue weighted by Gasteiger charge is -2.27. The minimum absolute atomic E-state index is 0.106. The number of nitrogens with two attached hydrogens (primary N) is 3. The number of amides is 4. The maximum atomic E-state index is 13.1. The number of carboxylic acid groups (broad SMARTS) is 1. The Morgan fingerprint density at radius 2 is 1.31 bits per heavy atom. The average Bonchev–Trinajstić information content (AvgIpc) is 2.82. The van der Waals surface area contributed by atoms with Gasteiger partial charge in [-0.3, -0.25) is 19.2 Å². The zero-order valence-corrected chi connectivity index (χ0v) is 21.3. The van der Waals surface area contributed by atoms with Gasteiger partial charge in [-0.1, -0.05) is 40.5 Å². The molecule has 0 aliphatic heterocycles. The van der Waals surface area contributed by atoms with Crippen LogP contribution in [0.3, 0.4) is 0 Å². The van der Waals surface area contributed by atoms with Crippen LogP contribution >= 0.6 is 0 Å². The molecule has 0 radical (unpaired) electrons. The van der Waals surface area contributed by atoms with Gasteiger partial charge in [0, 0.05) is 6.42 Å². The first-order chi connectivity index (χ1) is 16.4. The number of nitrogens with one attached hydrogen (secondary N) is 3. The molecule has 0 fully saturated rings. The van der Waals surface area contributed by atoms with E-state index in [4.69, 9.17) is 17.2 Å². The summed E-state index contributed by atoms with van der Waals surface area (Å²) < 4.78 is 0. The second-order valence-electron chi connectivity index (χ2n) is 9.03. The average molecular weight is 501 g/mol. The number of primary amides is 1. The molecule has 202 valence electrons. The van der Waals surface area contributed by atoms with Crippen molar-refractivity contribution in [2.24, 2.45) is 29.0 Å². The standard InChI is InChI=1S/C23H44N6O6/c1-5-13(3)18(26)22(33)28-15(9-7-8-12-24)20(31)27-16(10-11-17(25)30)21(32)29-19(23(34)35)14(4)6-2/h13-16,18-19H,5-12,24,26H2,1-4H3,(H2,25,30)(H,27,31)(H,28,33)(H,29,32)(H,34,35). The Kier molecular flexibility index (Phi) is 15.5. The molecule has 0 heterocycles.